The van der Waals surface area contributed by atoms with Crippen molar-refractivity contribution in [2.75, 3.05) is 26.4 Å². The van der Waals surface area contributed by atoms with Crippen molar-refractivity contribution in [1.29, 1.82) is 0 Å². The number of carbonyl (C=O) groups excluding carboxylic acids is 2. The maximum atomic E-state index is 12.9. The van der Waals surface area contributed by atoms with E-state index in [1.807, 2.05) is 0 Å². The maximum absolute atomic E-state index is 12.9. The number of β-amino-alcohol motifs (C(OH)–C–C–N with tert-alkyl or cyclic N) is 1. The number of fused-ring (bicyclic) bond motifs is 1. The van der Waals surface area contributed by atoms with Gasteiger partial charge in [0.1, 0.15) is 19.3 Å². The summed E-state index contributed by atoms with van der Waals surface area (Å²) in [5.41, 5.74) is 4.92. The number of nitrogens with zero attached hydrogens (tertiary/aromatic N) is 1. The van der Waals surface area contributed by atoms with Crippen LogP contribution in [0.15, 0.2) is 23.1 Å². The maximum Gasteiger partial charge on any atom is 0.325 e. The Morgan fingerprint density at radius 2 is 1.96 bits per heavy atom. The fraction of sp³-hybridized carbons (Fsp3) is 0.467. The zero-order valence-corrected chi connectivity index (χ0v) is 14.5. The van der Waals surface area contributed by atoms with Crippen LogP contribution in [-0.2, 0) is 24.3 Å². The lowest BCUT2D eigenvalue weighted by Gasteiger charge is -2.24. The molecular weight excluding hydrogens is 368 g/mol. The number of rotatable bonds is 5. The first-order valence-corrected chi connectivity index (χ1v) is 9.27. The molecule has 142 valence electrons. The minimum Gasteiger partial charge on any atom is -0.486 e. The molecule has 0 aliphatic carbocycles. The fourth-order valence-corrected chi connectivity index (χ4v) is 4.46. The van der Waals surface area contributed by atoms with Gasteiger partial charge in [0.15, 0.2) is 18.1 Å². The van der Waals surface area contributed by atoms with E-state index in [2.05, 4.69) is 0 Å². The smallest absolute Gasteiger partial charge is 0.325 e. The lowest BCUT2D eigenvalue weighted by atomic mass is 10.2. The summed E-state index contributed by atoms with van der Waals surface area (Å²) in [6.45, 7) is -0.275. The molecule has 26 heavy (non-hydrogen) atoms. The van der Waals surface area contributed by atoms with Crippen molar-refractivity contribution in [1.82, 2.24) is 4.31 Å². The molecule has 0 aromatic heterocycles. The van der Waals surface area contributed by atoms with Crippen molar-refractivity contribution in [3.05, 3.63) is 18.2 Å². The zero-order chi connectivity index (χ0) is 18.9. The van der Waals surface area contributed by atoms with Gasteiger partial charge in [-0.25, -0.2) is 8.42 Å². The van der Waals surface area contributed by atoms with Crippen LogP contribution in [0, 0.1) is 0 Å². The second kappa shape index (κ2) is 7.09. The first kappa shape index (κ1) is 18.4. The molecule has 1 amide bonds. The van der Waals surface area contributed by atoms with Gasteiger partial charge in [0.05, 0.1) is 11.0 Å². The Morgan fingerprint density at radius 3 is 2.65 bits per heavy atom. The van der Waals surface area contributed by atoms with Crippen molar-refractivity contribution in [2.24, 2.45) is 5.73 Å². The molecule has 2 atom stereocenters. The summed E-state index contributed by atoms with van der Waals surface area (Å²) in [5, 5.41) is 9.85. The first-order chi connectivity index (χ1) is 12.3. The standard InChI is InChI=1S/C15H18N2O8S/c16-14(19)8-25-15(20)11-5-9(18)7-17(11)26(21,22)10-1-2-12-13(6-10)24-4-3-23-12/h1-2,6,9,11,18H,3-5,7-8H2,(H2,16,19)/t9-,11-/m0/s1. The SMILES string of the molecule is NC(=O)COC(=O)[C@@H]1C[C@H](O)CN1S(=O)(=O)c1ccc2c(c1)OCCO2. The van der Waals surface area contributed by atoms with Gasteiger partial charge in [-0.3, -0.25) is 9.59 Å². The van der Waals surface area contributed by atoms with E-state index in [1.54, 1.807) is 0 Å². The van der Waals surface area contributed by atoms with Crippen LogP contribution in [0.1, 0.15) is 6.42 Å². The normalized spacial score (nSPS) is 22.8. The molecule has 1 fully saturated rings. The van der Waals surface area contributed by atoms with Crippen molar-refractivity contribution in [3.8, 4) is 11.5 Å². The molecule has 2 heterocycles. The largest absolute Gasteiger partial charge is 0.486 e. The number of aliphatic hydroxyl groups is 1. The summed E-state index contributed by atoms with van der Waals surface area (Å²) in [6, 6.07) is 2.86. The molecule has 1 aromatic carbocycles. The molecule has 0 spiro atoms. The highest BCUT2D eigenvalue weighted by atomic mass is 32.2. The quantitative estimate of drug-likeness (QED) is 0.588. The minimum atomic E-state index is -4.12. The van der Waals surface area contributed by atoms with Gasteiger partial charge in [0.25, 0.3) is 5.91 Å². The molecule has 2 aliphatic heterocycles. The third-order valence-corrected chi connectivity index (χ3v) is 5.85. The Labute approximate surface area is 149 Å². The summed E-state index contributed by atoms with van der Waals surface area (Å²) in [4.78, 5) is 22.8. The van der Waals surface area contributed by atoms with E-state index in [0.717, 1.165) is 4.31 Å². The van der Waals surface area contributed by atoms with Crippen molar-refractivity contribution in [3.63, 3.8) is 0 Å². The van der Waals surface area contributed by atoms with E-state index in [4.69, 9.17) is 19.9 Å². The second-order valence-electron chi connectivity index (χ2n) is 5.86. The second-order valence-corrected chi connectivity index (χ2v) is 7.75. The van der Waals surface area contributed by atoms with Gasteiger partial charge in [-0.1, -0.05) is 0 Å². The highest BCUT2D eigenvalue weighted by Crippen LogP contribution is 2.35. The van der Waals surface area contributed by atoms with Crippen LogP contribution in [-0.4, -0.2) is 68.2 Å². The molecule has 3 rings (SSSR count). The molecule has 10 nitrogen and oxygen atoms in total. The van der Waals surface area contributed by atoms with E-state index in [9.17, 15) is 23.1 Å². The summed E-state index contributed by atoms with van der Waals surface area (Å²) in [6.07, 6.45) is -1.17. The van der Waals surface area contributed by atoms with E-state index in [-0.39, 0.29) is 23.6 Å². The molecule has 0 saturated carbocycles. The van der Waals surface area contributed by atoms with Gasteiger partial charge in [-0.05, 0) is 12.1 Å². The monoisotopic (exact) mass is 386 g/mol. The van der Waals surface area contributed by atoms with Gasteiger partial charge in [0, 0.05) is 19.0 Å². The zero-order valence-electron chi connectivity index (χ0n) is 13.7. The number of hydrogen-bond acceptors (Lipinski definition) is 8. The molecular formula is C15H18N2O8S. The van der Waals surface area contributed by atoms with E-state index in [1.165, 1.54) is 18.2 Å². The highest BCUT2D eigenvalue weighted by Gasteiger charge is 2.44. The van der Waals surface area contributed by atoms with Gasteiger partial charge < -0.3 is 25.1 Å². The molecule has 2 aliphatic rings. The number of esters is 1. The van der Waals surface area contributed by atoms with Gasteiger partial charge in [0.2, 0.25) is 10.0 Å². The van der Waals surface area contributed by atoms with Crippen LogP contribution in [0.5, 0.6) is 11.5 Å². The van der Waals surface area contributed by atoms with Crippen LogP contribution >= 0.6 is 0 Å². The number of benzene rings is 1. The number of primary amides is 1. The number of nitrogens with two attached hydrogens (primary N) is 1. The average molecular weight is 386 g/mol. The third-order valence-electron chi connectivity index (χ3n) is 3.98. The molecule has 3 N–H and O–H groups in total. The molecule has 1 aromatic rings. The Balaban J connectivity index is 1.86. The number of ether oxygens (including phenoxy) is 3. The molecule has 1 saturated heterocycles. The minimum absolute atomic E-state index is 0.108. The van der Waals surface area contributed by atoms with Crippen molar-refractivity contribution >= 4 is 21.9 Å². The molecule has 0 unspecified atom stereocenters. The van der Waals surface area contributed by atoms with Gasteiger partial charge >= 0.3 is 5.97 Å². The number of aliphatic hydroxyl groups excluding tert-OH is 1. The van der Waals surface area contributed by atoms with Crippen LogP contribution in [0.4, 0.5) is 0 Å². The van der Waals surface area contributed by atoms with Crippen LogP contribution < -0.4 is 15.2 Å². The topological polar surface area (TPSA) is 145 Å². The van der Waals surface area contributed by atoms with Gasteiger partial charge in [-0.2, -0.15) is 4.31 Å². The third kappa shape index (κ3) is 3.59. The van der Waals surface area contributed by atoms with Crippen molar-refractivity contribution < 1.29 is 37.3 Å². The highest BCUT2D eigenvalue weighted by molar-refractivity contribution is 7.89. The summed E-state index contributed by atoms with van der Waals surface area (Å²) in [5.74, 6) is -1.10. The van der Waals surface area contributed by atoms with Crippen molar-refractivity contribution in [2.45, 2.75) is 23.5 Å². The first-order valence-electron chi connectivity index (χ1n) is 7.83. The molecule has 11 heteroatoms. The summed E-state index contributed by atoms with van der Waals surface area (Å²) >= 11 is 0. The Morgan fingerprint density at radius 1 is 1.27 bits per heavy atom. The van der Waals surface area contributed by atoms with E-state index >= 15 is 0 Å². The predicted molar refractivity (Wildman–Crippen MR) is 85.9 cm³/mol. The lowest BCUT2D eigenvalue weighted by Crippen LogP contribution is -2.42. The molecule has 0 bridgehead atoms. The number of carbonyl (C=O) groups is 2. The number of hydrogen-bond donors (Lipinski definition) is 2. The molecule has 0 radical (unpaired) electrons. The predicted octanol–water partition coefficient (Wildman–Crippen LogP) is -1.39. The average Bonchev–Trinajstić information content (AvgIpc) is 3.02. The number of amides is 1. The van der Waals surface area contributed by atoms with E-state index in [0.29, 0.717) is 19.0 Å². The van der Waals surface area contributed by atoms with Gasteiger partial charge in [-0.15, -0.1) is 0 Å². The Hall–Kier alpha value is -2.37. The van der Waals surface area contributed by atoms with Crippen LogP contribution in [0.25, 0.3) is 0 Å². The Kier molecular flexibility index (Phi) is 5.03. The van der Waals surface area contributed by atoms with Crippen LogP contribution in [0.2, 0.25) is 0 Å². The van der Waals surface area contributed by atoms with E-state index < -0.39 is 40.7 Å². The summed E-state index contributed by atoms with van der Waals surface area (Å²) in [7, 11) is -4.12. The fourth-order valence-electron chi connectivity index (χ4n) is 2.82. The summed E-state index contributed by atoms with van der Waals surface area (Å²) < 4.78 is 42.2. The Bertz CT molecular complexity index is 825. The lowest BCUT2D eigenvalue weighted by molar-refractivity contribution is -0.151. The number of sulfonamides is 1. The van der Waals surface area contributed by atoms with Crippen LogP contribution in [0.3, 0.4) is 0 Å².